The Hall–Kier alpha value is -1.18. The third-order valence-electron chi connectivity index (χ3n) is 2.65. The molecule has 1 nitrogen and oxygen atoms in total. The minimum atomic E-state index is -0.250. The van der Waals surface area contributed by atoms with Crippen molar-refractivity contribution in [2.75, 3.05) is 0 Å². The number of Topliss-reactive ketones (excluding diaryl/α,β-unsaturated/α-hetero) is 1. The van der Waals surface area contributed by atoms with Crippen molar-refractivity contribution in [2.45, 2.75) is 25.7 Å². The lowest BCUT2D eigenvalue weighted by atomic mass is 9.83. The van der Waals surface area contributed by atoms with Crippen LogP contribution < -0.4 is 0 Å². The monoisotopic (exact) mass is 178 g/mol. The molecule has 0 amide bonds. The van der Waals surface area contributed by atoms with E-state index in [1.165, 1.54) is 12.1 Å². The molecule has 1 unspecified atom stereocenters. The molecule has 0 saturated carbocycles. The number of carbonyl (C=O) groups excluding carboxylic acids is 1. The summed E-state index contributed by atoms with van der Waals surface area (Å²) in [5.41, 5.74) is 1.58. The molecule has 0 spiro atoms. The first kappa shape index (κ1) is 8.42. The Balaban J connectivity index is 2.57. The van der Waals surface area contributed by atoms with Gasteiger partial charge in [-0.2, -0.15) is 0 Å². The molecule has 2 rings (SSSR count). The van der Waals surface area contributed by atoms with E-state index < -0.39 is 0 Å². The van der Waals surface area contributed by atoms with Gasteiger partial charge in [-0.1, -0.05) is 6.92 Å². The quantitative estimate of drug-likeness (QED) is 0.597. The van der Waals surface area contributed by atoms with Crippen LogP contribution in [0.4, 0.5) is 4.39 Å². The third kappa shape index (κ3) is 1.37. The molecular formula is C11H11FO. The Kier molecular flexibility index (Phi) is 1.91. The maximum Gasteiger partial charge on any atom is 0.163 e. The molecule has 0 bridgehead atoms. The van der Waals surface area contributed by atoms with Gasteiger partial charge in [0.25, 0.3) is 0 Å². The number of hydrogen-bond donors (Lipinski definition) is 0. The van der Waals surface area contributed by atoms with Crippen LogP contribution in [-0.2, 0) is 0 Å². The maximum absolute atomic E-state index is 12.9. The van der Waals surface area contributed by atoms with E-state index in [-0.39, 0.29) is 11.6 Å². The largest absolute Gasteiger partial charge is 0.294 e. The zero-order valence-electron chi connectivity index (χ0n) is 7.51. The highest BCUT2D eigenvalue weighted by atomic mass is 19.1. The average molecular weight is 178 g/mol. The molecule has 0 aromatic heterocycles. The molecule has 0 heterocycles. The first-order valence-corrected chi connectivity index (χ1v) is 4.51. The van der Waals surface area contributed by atoms with Crippen LogP contribution in [0.1, 0.15) is 41.6 Å². The van der Waals surface area contributed by atoms with Crippen LogP contribution in [-0.4, -0.2) is 5.78 Å². The van der Waals surface area contributed by atoms with Gasteiger partial charge in [-0.05, 0) is 36.1 Å². The van der Waals surface area contributed by atoms with Crippen molar-refractivity contribution < 1.29 is 9.18 Å². The van der Waals surface area contributed by atoms with E-state index in [2.05, 4.69) is 0 Å². The molecule has 0 aliphatic heterocycles. The summed E-state index contributed by atoms with van der Waals surface area (Å²) in [5.74, 6) is 0.205. The third-order valence-corrected chi connectivity index (χ3v) is 2.65. The van der Waals surface area contributed by atoms with Crippen molar-refractivity contribution in [3.05, 3.63) is 35.1 Å². The highest BCUT2D eigenvalue weighted by Gasteiger charge is 2.22. The van der Waals surface area contributed by atoms with Gasteiger partial charge in [-0.3, -0.25) is 4.79 Å². The fourth-order valence-electron chi connectivity index (χ4n) is 1.83. The summed E-state index contributed by atoms with van der Waals surface area (Å²) in [6.07, 6.45) is 1.44. The zero-order chi connectivity index (χ0) is 9.42. The molecule has 68 valence electrons. The lowest BCUT2D eigenvalue weighted by Crippen LogP contribution is -2.13. The van der Waals surface area contributed by atoms with Crippen LogP contribution in [0.15, 0.2) is 18.2 Å². The Morgan fingerprint density at radius 1 is 1.46 bits per heavy atom. The molecule has 2 heteroatoms. The number of carbonyl (C=O) groups is 1. The lowest BCUT2D eigenvalue weighted by molar-refractivity contribution is 0.0968. The van der Waals surface area contributed by atoms with E-state index in [1.807, 2.05) is 6.92 Å². The van der Waals surface area contributed by atoms with E-state index in [9.17, 15) is 9.18 Å². The lowest BCUT2D eigenvalue weighted by Gasteiger charge is -2.20. The van der Waals surface area contributed by atoms with Crippen LogP contribution >= 0.6 is 0 Å². The molecule has 0 radical (unpaired) electrons. The zero-order valence-corrected chi connectivity index (χ0v) is 7.51. The second-order valence-corrected chi connectivity index (χ2v) is 3.59. The summed E-state index contributed by atoms with van der Waals surface area (Å²) in [7, 11) is 0. The molecule has 1 aliphatic carbocycles. The van der Waals surface area contributed by atoms with Crippen LogP contribution in [0.25, 0.3) is 0 Å². The number of hydrogen-bond acceptors (Lipinski definition) is 1. The minimum absolute atomic E-state index is 0.146. The van der Waals surface area contributed by atoms with Gasteiger partial charge in [0, 0.05) is 12.0 Å². The molecule has 1 aromatic rings. The predicted octanol–water partition coefficient (Wildman–Crippen LogP) is 2.91. The molecule has 1 aliphatic rings. The first-order chi connectivity index (χ1) is 6.18. The number of fused-ring (bicyclic) bond motifs is 1. The standard InChI is InChI=1S/C11H11FO/c1-7-2-5-11(13)9-4-3-8(12)6-10(7)9/h3-4,6-7H,2,5H2,1H3. The number of halogens is 1. The topological polar surface area (TPSA) is 17.1 Å². The van der Waals surface area contributed by atoms with Crippen molar-refractivity contribution in [3.63, 3.8) is 0 Å². The summed E-state index contributed by atoms with van der Waals surface area (Å²) in [6, 6.07) is 4.44. The molecular weight excluding hydrogens is 167 g/mol. The first-order valence-electron chi connectivity index (χ1n) is 4.51. The Morgan fingerprint density at radius 3 is 3.00 bits per heavy atom. The summed E-state index contributed by atoms with van der Waals surface area (Å²) >= 11 is 0. The van der Waals surface area contributed by atoms with Crippen LogP contribution in [0.5, 0.6) is 0 Å². The summed E-state index contributed by atoms with van der Waals surface area (Å²) in [6.45, 7) is 2.03. The number of ketones is 1. The number of rotatable bonds is 0. The minimum Gasteiger partial charge on any atom is -0.294 e. The molecule has 1 aromatic carbocycles. The Labute approximate surface area is 76.6 Å². The second-order valence-electron chi connectivity index (χ2n) is 3.59. The van der Waals surface area contributed by atoms with E-state index in [1.54, 1.807) is 6.07 Å². The molecule has 0 saturated heterocycles. The molecule has 0 fully saturated rings. The van der Waals surface area contributed by atoms with Gasteiger partial charge in [0.15, 0.2) is 5.78 Å². The normalized spacial score (nSPS) is 21.4. The SMILES string of the molecule is CC1CCC(=O)c2ccc(F)cc21. The van der Waals surface area contributed by atoms with Crippen LogP contribution in [0.2, 0.25) is 0 Å². The van der Waals surface area contributed by atoms with Gasteiger partial charge in [-0.15, -0.1) is 0 Å². The van der Waals surface area contributed by atoms with E-state index in [0.717, 1.165) is 12.0 Å². The Bertz CT molecular complexity index is 357. The summed E-state index contributed by atoms with van der Waals surface area (Å²) < 4.78 is 12.9. The van der Waals surface area contributed by atoms with Crippen molar-refractivity contribution in [3.8, 4) is 0 Å². The van der Waals surface area contributed by atoms with Crippen molar-refractivity contribution in [2.24, 2.45) is 0 Å². The highest BCUT2D eigenvalue weighted by Crippen LogP contribution is 2.31. The highest BCUT2D eigenvalue weighted by molar-refractivity contribution is 5.98. The van der Waals surface area contributed by atoms with Gasteiger partial charge < -0.3 is 0 Å². The van der Waals surface area contributed by atoms with Crippen LogP contribution in [0, 0.1) is 5.82 Å². The van der Waals surface area contributed by atoms with E-state index in [0.29, 0.717) is 17.9 Å². The number of benzene rings is 1. The second kappa shape index (κ2) is 2.95. The average Bonchev–Trinajstić information content (AvgIpc) is 2.12. The van der Waals surface area contributed by atoms with Crippen molar-refractivity contribution in [1.29, 1.82) is 0 Å². The van der Waals surface area contributed by atoms with E-state index >= 15 is 0 Å². The van der Waals surface area contributed by atoms with Crippen LogP contribution in [0.3, 0.4) is 0 Å². The van der Waals surface area contributed by atoms with Crippen molar-refractivity contribution in [1.82, 2.24) is 0 Å². The van der Waals surface area contributed by atoms with Gasteiger partial charge in [0.1, 0.15) is 5.82 Å². The summed E-state index contributed by atoms with van der Waals surface area (Å²) in [5, 5.41) is 0. The van der Waals surface area contributed by atoms with Gasteiger partial charge in [0.2, 0.25) is 0 Å². The van der Waals surface area contributed by atoms with Gasteiger partial charge >= 0.3 is 0 Å². The smallest absolute Gasteiger partial charge is 0.163 e. The van der Waals surface area contributed by atoms with Crippen molar-refractivity contribution >= 4 is 5.78 Å². The fourth-order valence-corrected chi connectivity index (χ4v) is 1.83. The maximum atomic E-state index is 12.9. The predicted molar refractivity (Wildman–Crippen MR) is 48.4 cm³/mol. The van der Waals surface area contributed by atoms with Gasteiger partial charge in [-0.25, -0.2) is 4.39 Å². The van der Waals surface area contributed by atoms with Gasteiger partial charge in [0.05, 0.1) is 0 Å². The van der Waals surface area contributed by atoms with E-state index in [4.69, 9.17) is 0 Å². The summed E-state index contributed by atoms with van der Waals surface area (Å²) in [4.78, 5) is 11.4. The Morgan fingerprint density at radius 2 is 2.23 bits per heavy atom. The molecule has 0 N–H and O–H groups in total. The molecule has 13 heavy (non-hydrogen) atoms. The fraction of sp³-hybridized carbons (Fsp3) is 0.364. The molecule has 1 atom stereocenters.